The van der Waals surface area contributed by atoms with Gasteiger partial charge in [0, 0.05) is 13.7 Å². The molecule has 0 spiro atoms. The number of alkyl halides is 1. The van der Waals surface area contributed by atoms with E-state index in [2.05, 4.69) is 13.8 Å². The van der Waals surface area contributed by atoms with E-state index >= 15 is 0 Å². The number of hydrogen-bond acceptors (Lipinski definition) is 5. The number of rotatable bonds is 12. The van der Waals surface area contributed by atoms with Gasteiger partial charge in [-0.3, -0.25) is 9.09 Å². The number of unbranched alkanes of at least 4 members (excludes halogenated alkanes) is 3. The molecule has 0 aromatic carbocycles. The van der Waals surface area contributed by atoms with Gasteiger partial charge in [-0.25, -0.2) is 4.39 Å². The molecule has 0 bridgehead atoms. The Kier molecular flexibility index (Phi) is 9.94. The van der Waals surface area contributed by atoms with Gasteiger partial charge < -0.3 is 14.0 Å². The summed E-state index contributed by atoms with van der Waals surface area (Å²) in [5.41, 5.74) is 0. The van der Waals surface area contributed by atoms with Crippen molar-refractivity contribution in [2.75, 3.05) is 26.5 Å². The van der Waals surface area contributed by atoms with Gasteiger partial charge in [-0.15, -0.1) is 0 Å². The zero-order valence-corrected chi connectivity index (χ0v) is 15.7. The van der Waals surface area contributed by atoms with E-state index in [9.17, 15) is 8.96 Å². The molecule has 1 aliphatic heterocycles. The van der Waals surface area contributed by atoms with E-state index in [0.717, 1.165) is 32.1 Å². The first-order chi connectivity index (χ1) is 11.0. The Bertz CT molecular complexity index is 374. The van der Waals surface area contributed by atoms with Crippen molar-refractivity contribution >= 4 is 15.4 Å². The Balaban J connectivity index is 2.61. The van der Waals surface area contributed by atoms with Crippen LogP contribution in [0.25, 0.3) is 0 Å². The molecule has 8 heteroatoms. The summed E-state index contributed by atoms with van der Waals surface area (Å²) in [6.07, 6.45) is 2.18. The molecule has 0 aromatic rings. The summed E-state index contributed by atoms with van der Waals surface area (Å²) in [4.78, 5) is 0. The van der Waals surface area contributed by atoms with Gasteiger partial charge in [0.05, 0.1) is 18.8 Å². The van der Waals surface area contributed by atoms with Crippen LogP contribution in [0.2, 0.25) is 0 Å². The van der Waals surface area contributed by atoms with Gasteiger partial charge in [-0.1, -0.05) is 33.1 Å². The van der Waals surface area contributed by atoms with Crippen LogP contribution in [-0.2, 0) is 23.1 Å². The summed E-state index contributed by atoms with van der Waals surface area (Å²) in [5, 5.41) is 0. The van der Waals surface area contributed by atoms with Crippen LogP contribution in [0.3, 0.4) is 0 Å². The molecule has 0 saturated carbocycles. The average Bonchev–Trinajstić information content (AvgIpc) is 2.79. The molecule has 0 aromatic heterocycles. The van der Waals surface area contributed by atoms with Crippen molar-refractivity contribution in [2.24, 2.45) is 0 Å². The molecule has 23 heavy (non-hydrogen) atoms. The molecule has 0 aliphatic carbocycles. The van der Waals surface area contributed by atoms with E-state index in [1.165, 1.54) is 7.11 Å². The Morgan fingerprint density at radius 3 is 2.52 bits per heavy atom. The van der Waals surface area contributed by atoms with Crippen LogP contribution in [0.4, 0.5) is 4.39 Å². The number of ether oxygens (including phenoxy) is 2. The zero-order chi connectivity index (χ0) is 17.3. The molecule has 0 radical (unpaired) electrons. The molecular formula is C15H31BFO5P. The van der Waals surface area contributed by atoms with Gasteiger partial charge in [-0.05, 0) is 12.8 Å². The minimum atomic E-state index is -3.30. The van der Waals surface area contributed by atoms with Gasteiger partial charge in [0.2, 0.25) is 0 Å². The van der Waals surface area contributed by atoms with Crippen molar-refractivity contribution in [1.82, 2.24) is 0 Å². The van der Waals surface area contributed by atoms with Gasteiger partial charge >= 0.3 is 7.60 Å². The van der Waals surface area contributed by atoms with Gasteiger partial charge in [0.1, 0.15) is 26.2 Å². The van der Waals surface area contributed by atoms with Gasteiger partial charge in [-0.2, -0.15) is 0 Å². The van der Waals surface area contributed by atoms with Crippen LogP contribution in [0.1, 0.15) is 46.0 Å². The molecule has 1 rings (SSSR count). The molecule has 1 saturated heterocycles. The third-order valence-corrected chi connectivity index (χ3v) is 6.02. The molecule has 0 N–H and O–H groups in total. The SMILES string of the molecule is BC1OC(COCCCC)C(OP(=O)(CCCCC)OC)C1F. The smallest absolute Gasteiger partial charge is 0.330 e. The second-order valence-electron chi connectivity index (χ2n) is 6.05. The van der Waals surface area contributed by atoms with Crippen molar-refractivity contribution in [3.63, 3.8) is 0 Å². The number of halogens is 1. The second-order valence-corrected chi connectivity index (χ2v) is 8.29. The Hall–Kier alpha value is 0.0649. The fourth-order valence-electron chi connectivity index (χ4n) is 2.53. The van der Waals surface area contributed by atoms with Crippen LogP contribution >= 0.6 is 7.60 Å². The highest BCUT2D eigenvalue weighted by molar-refractivity contribution is 7.53. The van der Waals surface area contributed by atoms with Crippen LogP contribution < -0.4 is 0 Å². The van der Waals surface area contributed by atoms with Gasteiger partial charge in [0.25, 0.3) is 0 Å². The maximum absolute atomic E-state index is 14.4. The molecule has 5 atom stereocenters. The quantitative estimate of drug-likeness (QED) is 0.307. The lowest BCUT2D eigenvalue weighted by Gasteiger charge is -2.25. The van der Waals surface area contributed by atoms with Crippen molar-refractivity contribution in [1.29, 1.82) is 0 Å². The normalized spacial score (nSPS) is 30.4. The first-order valence-corrected chi connectivity index (χ1v) is 10.4. The fraction of sp³-hybridized carbons (Fsp3) is 1.00. The third-order valence-electron chi connectivity index (χ3n) is 4.04. The minimum absolute atomic E-state index is 0.244. The van der Waals surface area contributed by atoms with E-state index in [4.69, 9.17) is 18.5 Å². The van der Waals surface area contributed by atoms with E-state index in [1.807, 2.05) is 0 Å². The van der Waals surface area contributed by atoms with E-state index in [1.54, 1.807) is 7.85 Å². The Morgan fingerprint density at radius 1 is 1.22 bits per heavy atom. The van der Waals surface area contributed by atoms with E-state index < -0.39 is 32.0 Å². The second kappa shape index (κ2) is 10.8. The Labute approximate surface area is 140 Å². The summed E-state index contributed by atoms with van der Waals surface area (Å²) in [7, 11) is -0.293. The molecular weight excluding hydrogens is 321 g/mol. The van der Waals surface area contributed by atoms with Crippen LogP contribution in [0, 0.1) is 0 Å². The molecule has 0 amide bonds. The first kappa shape index (κ1) is 21.1. The Morgan fingerprint density at radius 2 is 1.91 bits per heavy atom. The highest BCUT2D eigenvalue weighted by Gasteiger charge is 2.47. The number of hydrogen-bond donors (Lipinski definition) is 0. The lowest BCUT2D eigenvalue weighted by molar-refractivity contribution is -0.0279. The standard InChI is InChI=1S/C15H31BFO5P/c1-4-6-8-10-23(18,19-3)22-14-12(11-20-9-7-5-2)21-15(16)13(14)17/h12-15H,4-11,16H2,1-3H3. The first-order valence-electron chi connectivity index (χ1n) is 8.67. The molecule has 5 unspecified atom stereocenters. The van der Waals surface area contributed by atoms with Crippen molar-refractivity contribution < 1.29 is 27.5 Å². The molecule has 5 nitrogen and oxygen atoms in total. The lowest BCUT2D eigenvalue weighted by atomic mass is 9.94. The summed E-state index contributed by atoms with van der Waals surface area (Å²) in [6, 6.07) is -0.597. The molecule has 136 valence electrons. The topological polar surface area (TPSA) is 54.0 Å². The van der Waals surface area contributed by atoms with Crippen LogP contribution in [0.15, 0.2) is 0 Å². The average molecular weight is 352 g/mol. The lowest BCUT2D eigenvalue weighted by Crippen LogP contribution is -2.34. The highest BCUT2D eigenvalue weighted by atomic mass is 31.2. The summed E-state index contributed by atoms with van der Waals surface area (Å²) >= 11 is 0. The van der Waals surface area contributed by atoms with Crippen molar-refractivity contribution in [3.8, 4) is 0 Å². The zero-order valence-electron chi connectivity index (χ0n) is 14.8. The summed E-state index contributed by atoms with van der Waals surface area (Å²) < 4.78 is 48.9. The van der Waals surface area contributed by atoms with Crippen molar-refractivity contribution in [2.45, 2.75) is 70.3 Å². The van der Waals surface area contributed by atoms with Crippen molar-refractivity contribution in [3.05, 3.63) is 0 Å². The largest absolute Gasteiger partial charge is 0.379 e. The molecule has 1 aliphatic rings. The van der Waals surface area contributed by atoms with Crippen LogP contribution in [0.5, 0.6) is 0 Å². The minimum Gasteiger partial charge on any atom is -0.379 e. The maximum Gasteiger partial charge on any atom is 0.330 e. The predicted molar refractivity (Wildman–Crippen MR) is 91.7 cm³/mol. The molecule has 1 fully saturated rings. The highest BCUT2D eigenvalue weighted by Crippen LogP contribution is 2.51. The third kappa shape index (κ3) is 6.83. The van der Waals surface area contributed by atoms with Crippen LogP contribution in [-0.4, -0.2) is 58.7 Å². The fourth-order valence-corrected chi connectivity index (χ4v) is 4.14. The maximum atomic E-state index is 14.4. The van der Waals surface area contributed by atoms with Gasteiger partial charge in [0.15, 0.2) is 0 Å². The van der Waals surface area contributed by atoms with E-state index in [-0.39, 0.29) is 6.61 Å². The monoisotopic (exact) mass is 352 g/mol. The van der Waals surface area contributed by atoms with E-state index in [0.29, 0.717) is 12.8 Å². The molecule has 1 heterocycles. The summed E-state index contributed by atoms with van der Waals surface area (Å²) in [6.45, 7) is 4.99. The predicted octanol–water partition coefficient (Wildman–Crippen LogP) is 2.91. The summed E-state index contributed by atoms with van der Waals surface area (Å²) in [5.74, 6) is 0.